The Bertz CT molecular complexity index is 446. The third-order valence-corrected chi connectivity index (χ3v) is 3.38. The second-order valence-electron chi connectivity index (χ2n) is 4.50. The first-order valence-corrected chi connectivity index (χ1v) is 6.27. The zero-order valence-electron chi connectivity index (χ0n) is 11.2. The minimum atomic E-state index is -0.286. The number of carbonyl (C=O) groups excluding carboxylic acids is 1. The van der Waals surface area contributed by atoms with Gasteiger partial charge in [0.1, 0.15) is 0 Å². The molecule has 2 N–H and O–H groups in total. The first kappa shape index (κ1) is 13.5. The van der Waals surface area contributed by atoms with Gasteiger partial charge in [0.05, 0.1) is 13.2 Å². The molecule has 1 aliphatic rings. The zero-order chi connectivity index (χ0) is 13.8. The number of carbonyl (C=O) groups is 1. The predicted octanol–water partition coefficient (Wildman–Crippen LogP) is -0.519. The number of ether oxygens (including phenoxy) is 1. The SMILES string of the molecule is COc1ccnc(N2CCN(C(C)C(N)=O)CC2)n1. The van der Waals surface area contributed by atoms with Gasteiger partial charge in [-0.25, -0.2) is 4.98 Å². The fourth-order valence-corrected chi connectivity index (χ4v) is 2.09. The second-order valence-corrected chi connectivity index (χ2v) is 4.50. The van der Waals surface area contributed by atoms with E-state index in [0.29, 0.717) is 11.8 Å². The van der Waals surface area contributed by atoms with Crippen molar-refractivity contribution in [2.45, 2.75) is 13.0 Å². The van der Waals surface area contributed by atoms with Crippen molar-refractivity contribution < 1.29 is 9.53 Å². The fraction of sp³-hybridized carbons (Fsp3) is 0.583. The van der Waals surface area contributed by atoms with E-state index in [1.807, 2.05) is 6.92 Å². The van der Waals surface area contributed by atoms with Crippen LogP contribution in [0.4, 0.5) is 5.95 Å². The van der Waals surface area contributed by atoms with E-state index < -0.39 is 0 Å². The highest BCUT2D eigenvalue weighted by Crippen LogP contribution is 2.15. The molecule has 2 heterocycles. The van der Waals surface area contributed by atoms with Crippen LogP contribution in [0.2, 0.25) is 0 Å². The van der Waals surface area contributed by atoms with Crippen LogP contribution < -0.4 is 15.4 Å². The van der Waals surface area contributed by atoms with Crippen molar-refractivity contribution in [2.75, 3.05) is 38.2 Å². The third-order valence-electron chi connectivity index (χ3n) is 3.38. The van der Waals surface area contributed by atoms with Gasteiger partial charge in [0.25, 0.3) is 0 Å². The second kappa shape index (κ2) is 5.83. The Morgan fingerprint density at radius 2 is 2.11 bits per heavy atom. The molecule has 1 aliphatic heterocycles. The summed E-state index contributed by atoms with van der Waals surface area (Å²) in [7, 11) is 1.58. The molecule has 0 radical (unpaired) electrons. The Hall–Kier alpha value is -1.89. The van der Waals surface area contributed by atoms with Crippen molar-refractivity contribution >= 4 is 11.9 Å². The van der Waals surface area contributed by atoms with Gasteiger partial charge >= 0.3 is 0 Å². The van der Waals surface area contributed by atoms with Crippen molar-refractivity contribution in [3.8, 4) is 5.88 Å². The maximum atomic E-state index is 11.2. The van der Waals surface area contributed by atoms with Crippen molar-refractivity contribution in [3.63, 3.8) is 0 Å². The summed E-state index contributed by atoms with van der Waals surface area (Å²) in [5.74, 6) is 0.926. The van der Waals surface area contributed by atoms with Gasteiger partial charge in [-0.3, -0.25) is 9.69 Å². The molecule has 2 rings (SSSR count). The fourth-order valence-electron chi connectivity index (χ4n) is 2.09. The molecule has 1 unspecified atom stereocenters. The van der Waals surface area contributed by atoms with Gasteiger partial charge in [0.15, 0.2) is 0 Å². The monoisotopic (exact) mass is 265 g/mol. The number of rotatable bonds is 4. The molecule has 104 valence electrons. The minimum Gasteiger partial charge on any atom is -0.481 e. The van der Waals surface area contributed by atoms with E-state index in [1.54, 1.807) is 19.4 Å². The number of nitrogens with two attached hydrogens (primary N) is 1. The van der Waals surface area contributed by atoms with E-state index in [2.05, 4.69) is 19.8 Å². The standard InChI is InChI=1S/C12H19N5O2/c1-9(11(13)18)16-5-7-17(8-6-16)12-14-4-3-10(15-12)19-2/h3-4,9H,5-8H2,1-2H3,(H2,13,18). The number of primary amides is 1. The molecule has 0 aliphatic carbocycles. The van der Waals surface area contributed by atoms with Gasteiger partial charge in [-0.15, -0.1) is 0 Å². The molecule has 7 heteroatoms. The van der Waals surface area contributed by atoms with Crippen LogP contribution in [0.15, 0.2) is 12.3 Å². The van der Waals surface area contributed by atoms with E-state index >= 15 is 0 Å². The third kappa shape index (κ3) is 3.11. The van der Waals surface area contributed by atoms with Crippen LogP contribution in [0.5, 0.6) is 5.88 Å². The molecular formula is C12H19N5O2. The lowest BCUT2D eigenvalue weighted by Crippen LogP contribution is -2.53. The maximum absolute atomic E-state index is 11.2. The normalized spacial score (nSPS) is 18.1. The number of methoxy groups -OCH3 is 1. The van der Waals surface area contributed by atoms with Gasteiger partial charge in [0.2, 0.25) is 17.7 Å². The number of hydrogen-bond acceptors (Lipinski definition) is 6. The number of nitrogens with zero attached hydrogens (tertiary/aromatic N) is 4. The van der Waals surface area contributed by atoms with Gasteiger partial charge < -0.3 is 15.4 Å². The lowest BCUT2D eigenvalue weighted by molar-refractivity contribution is -0.122. The molecule has 1 fully saturated rings. The van der Waals surface area contributed by atoms with E-state index in [1.165, 1.54) is 0 Å². The highest BCUT2D eigenvalue weighted by Gasteiger charge is 2.25. The summed E-state index contributed by atoms with van der Waals surface area (Å²) >= 11 is 0. The molecule has 1 saturated heterocycles. The summed E-state index contributed by atoms with van der Waals surface area (Å²) in [5.41, 5.74) is 5.32. The van der Waals surface area contributed by atoms with Crippen molar-refractivity contribution in [3.05, 3.63) is 12.3 Å². The van der Waals surface area contributed by atoms with E-state index in [-0.39, 0.29) is 11.9 Å². The average molecular weight is 265 g/mol. The molecule has 1 atom stereocenters. The Morgan fingerprint density at radius 3 is 2.68 bits per heavy atom. The molecule has 0 saturated carbocycles. The van der Waals surface area contributed by atoms with Crippen LogP contribution in [0.25, 0.3) is 0 Å². The number of amides is 1. The summed E-state index contributed by atoms with van der Waals surface area (Å²) < 4.78 is 5.09. The van der Waals surface area contributed by atoms with Crippen molar-refractivity contribution in [2.24, 2.45) is 5.73 Å². The Kier molecular flexibility index (Phi) is 4.16. The molecule has 19 heavy (non-hydrogen) atoms. The topological polar surface area (TPSA) is 84.6 Å². The van der Waals surface area contributed by atoms with Gasteiger partial charge in [0, 0.05) is 38.4 Å². The summed E-state index contributed by atoms with van der Waals surface area (Å²) in [6.07, 6.45) is 1.68. The maximum Gasteiger partial charge on any atom is 0.234 e. The highest BCUT2D eigenvalue weighted by atomic mass is 16.5. The summed E-state index contributed by atoms with van der Waals surface area (Å²) in [4.78, 5) is 23.8. The van der Waals surface area contributed by atoms with Gasteiger partial charge in [-0.05, 0) is 6.92 Å². The zero-order valence-corrected chi connectivity index (χ0v) is 11.2. The number of piperazine rings is 1. The largest absolute Gasteiger partial charge is 0.481 e. The summed E-state index contributed by atoms with van der Waals surface area (Å²) in [5, 5.41) is 0. The number of anilines is 1. The average Bonchev–Trinajstić information content (AvgIpc) is 2.46. The molecule has 1 aromatic rings. The van der Waals surface area contributed by atoms with Crippen LogP contribution in [0, 0.1) is 0 Å². The summed E-state index contributed by atoms with van der Waals surface area (Å²) in [6.45, 7) is 4.91. The Morgan fingerprint density at radius 1 is 1.42 bits per heavy atom. The Labute approximate surface area is 112 Å². The van der Waals surface area contributed by atoms with Crippen LogP contribution in [-0.4, -0.2) is 60.1 Å². The van der Waals surface area contributed by atoms with E-state index in [9.17, 15) is 4.79 Å². The smallest absolute Gasteiger partial charge is 0.234 e. The van der Waals surface area contributed by atoms with Crippen molar-refractivity contribution in [1.29, 1.82) is 0 Å². The molecule has 1 aromatic heterocycles. The highest BCUT2D eigenvalue weighted by molar-refractivity contribution is 5.79. The van der Waals surface area contributed by atoms with Crippen molar-refractivity contribution in [1.82, 2.24) is 14.9 Å². The van der Waals surface area contributed by atoms with Crippen LogP contribution in [-0.2, 0) is 4.79 Å². The van der Waals surface area contributed by atoms with E-state index in [0.717, 1.165) is 26.2 Å². The number of aromatic nitrogens is 2. The van der Waals surface area contributed by atoms with Gasteiger partial charge in [-0.2, -0.15) is 4.98 Å². The molecule has 0 spiro atoms. The molecule has 1 amide bonds. The van der Waals surface area contributed by atoms with Gasteiger partial charge in [-0.1, -0.05) is 0 Å². The van der Waals surface area contributed by atoms with Crippen LogP contribution in [0.1, 0.15) is 6.92 Å². The van der Waals surface area contributed by atoms with Crippen LogP contribution >= 0.6 is 0 Å². The first-order chi connectivity index (χ1) is 9.11. The molecule has 7 nitrogen and oxygen atoms in total. The Balaban J connectivity index is 1.97. The molecule has 0 bridgehead atoms. The quantitative estimate of drug-likeness (QED) is 0.788. The predicted molar refractivity (Wildman–Crippen MR) is 71.0 cm³/mol. The molecular weight excluding hydrogens is 246 g/mol. The summed E-state index contributed by atoms with van der Waals surface area (Å²) in [6, 6.07) is 1.49. The first-order valence-electron chi connectivity index (χ1n) is 6.27. The van der Waals surface area contributed by atoms with E-state index in [4.69, 9.17) is 10.5 Å². The minimum absolute atomic E-state index is 0.228. The molecule has 0 aromatic carbocycles. The lowest BCUT2D eigenvalue weighted by Gasteiger charge is -2.36. The van der Waals surface area contributed by atoms with Crippen LogP contribution in [0.3, 0.4) is 0 Å². The number of hydrogen-bond donors (Lipinski definition) is 1. The lowest BCUT2D eigenvalue weighted by atomic mass is 10.2.